The molecule has 0 aliphatic heterocycles. The summed E-state index contributed by atoms with van der Waals surface area (Å²) in [5.41, 5.74) is 7.02. The molecular weight excluding hydrogens is 268 g/mol. The number of hydrogen-bond acceptors (Lipinski definition) is 5. The number of nitrogens with zero attached hydrogens (tertiary/aromatic N) is 4. The molecule has 7 nitrogen and oxygen atoms in total. The van der Waals surface area contributed by atoms with Crippen molar-refractivity contribution in [2.24, 2.45) is 0 Å². The van der Waals surface area contributed by atoms with Gasteiger partial charge in [0.15, 0.2) is 11.4 Å². The minimum Gasteiger partial charge on any atom is -0.399 e. The van der Waals surface area contributed by atoms with E-state index in [1.165, 1.54) is 10.9 Å². The summed E-state index contributed by atoms with van der Waals surface area (Å²) < 4.78 is 1.39. The number of benzene rings is 1. The number of nitriles is 2. The predicted octanol–water partition coefficient (Wildman–Crippen LogP) is 0.948. The van der Waals surface area contributed by atoms with E-state index in [2.05, 4.69) is 10.3 Å². The Balaban J connectivity index is 2.67. The van der Waals surface area contributed by atoms with Gasteiger partial charge in [-0.05, 0) is 25.1 Å². The second kappa shape index (κ2) is 5.76. The summed E-state index contributed by atoms with van der Waals surface area (Å²) in [6.07, 6.45) is 1.33. The fraction of sp³-hybridized carbons (Fsp3) is 0.143. The molecule has 1 amide bonds. The summed E-state index contributed by atoms with van der Waals surface area (Å²) >= 11 is 0. The van der Waals surface area contributed by atoms with Crippen LogP contribution in [-0.2, 0) is 0 Å². The van der Waals surface area contributed by atoms with Gasteiger partial charge < -0.3 is 11.1 Å². The third-order valence-electron chi connectivity index (χ3n) is 2.84. The fourth-order valence-corrected chi connectivity index (χ4v) is 1.92. The van der Waals surface area contributed by atoms with E-state index in [9.17, 15) is 10.1 Å². The van der Waals surface area contributed by atoms with E-state index >= 15 is 0 Å². The van der Waals surface area contributed by atoms with E-state index in [4.69, 9.17) is 11.0 Å². The zero-order chi connectivity index (χ0) is 15.4. The molecule has 0 spiro atoms. The van der Waals surface area contributed by atoms with Crippen LogP contribution in [0.15, 0.2) is 24.5 Å². The number of anilines is 1. The minimum atomic E-state index is -0.288. The van der Waals surface area contributed by atoms with E-state index in [1.54, 1.807) is 25.1 Å². The van der Waals surface area contributed by atoms with Gasteiger partial charge in [-0.15, -0.1) is 0 Å². The van der Waals surface area contributed by atoms with Crippen LogP contribution < -0.4 is 11.1 Å². The van der Waals surface area contributed by atoms with Crippen LogP contribution in [0.25, 0.3) is 5.69 Å². The monoisotopic (exact) mass is 280 g/mol. The van der Waals surface area contributed by atoms with E-state index in [0.29, 0.717) is 23.5 Å². The van der Waals surface area contributed by atoms with Crippen LogP contribution in [0.5, 0.6) is 0 Å². The van der Waals surface area contributed by atoms with Crippen molar-refractivity contribution < 1.29 is 4.79 Å². The number of carbonyl (C=O) groups is 1. The Bertz CT molecular complexity index is 778. The molecule has 0 fully saturated rings. The summed E-state index contributed by atoms with van der Waals surface area (Å²) in [5, 5.41) is 20.8. The Kier molecular flexibility index (Phi) is 3.87. The molecule has 0 radical (unpaired) electrons. The summed E-state index contributed by atoms with van der Waals surface area (Å²) in [6.45, 7) is 2.28. The second-order valence-corrected chi connectivity index (χ2v) is 4.17. The molecule has 1 aromatic heterocycles. The van der Waals surface area contributed by atoms with Gasteiger partial charge in [0.2, 0.25) is 0 Å². The number of nitrogen functional groups attached to an aromatic ring is 1. The third kappa shape index (κ3) is 2.53. The average Bonchev–Trinajstić information content (AvgIpc) is 2.89. The van der Waals surface area contributed by atoms with Gasteiger partial charge in [-0.2, -0.15) is 10.5 Å². The van der Waals surface area contributed by atoms with Crippen LogP contribution in [-0.4, -0.2) is 22.0 Å². The van der Waals surface area contributed by atoms with Crippen LogP contribution in [0.2, 0.25) is 0 Å². The quantitative estimate of drug-likeness (QED) is 0.811. The molecule has 104 valence electrons. The first kappa shape index (κ1) is 14.1. The molecule has 2 rings (SSSR count). The lowest BCUT2D eigenvalue weighted by atomic mass is 10.1. The van der Waals surface area contributed by atoms with Crippen molar-refractivity contribution in [2.45, 2.75) is 6.92 Å². The van der Waals surface area contributed by atoms with Crippen molar-refractivity contribution in [3.63, 3.8) is 0 Å². The minimum absolute atomic E-state index is 0.00164. The number of rotatable bonds is 3. The van der Waals surface area contributed by atoms with Crippen molar-refractivity contribution in [3.8, 4) is 17.8 Å². The third-order valence-corrected chi connectivity index (χ3v) is 2.84. The molecule has 0 saturated carbocycles. The maximum absolute atomic E-state index is 12.1. The Morgan fingerprint density at radius 1 is 1.43 bits per heavy atom. The van der Waals surface area contributed by atoms with Crippen LogP contribution in [0.1, 0.15) is 28.7 Å². The molecule has 1 aromatic carbocycles. The molecule has 2 aromatic rings. The topological polar surface area (TPSA) is 121 Å². The highest BCUT2D eigenvalue weighted by Crippen LogP contribution is 2.21. The van der Waals surface area contributed by atoms with Gasteiger partial charge in [0.05, 0.1) is 11.3 Å². The van der Waals surface area contributed by atoms with Crippen molar-refractivity contribution in [2.75, 3.05) is 12.3 Å². The van der Waals surface area contributed by atoms with Gasteiger partial charge in [0, 0.05) is 12.2 Å². The summed E-state index contributed by atoms with van der Waals surface area (Å²) in [6, 6.07) is 8.49. The molecule has 0 atom stereocenters. The van der Waals surface area contributed by atoms with Gasteiger partial charge in [-0.3, -0.25) is 9.36 Å². The Hall–Kier alpha value is -3.32. The zero-order valence-electron chi connectivity index (χ0n) is 11.3. The molecule has 0 aliphatic carbocycles. The lowest BCUT2D eigenvalue weighted by Crippen LogP contribution is -2.24. The van der Waals surface area contributed by atoms with Gasteiger partial charge in [-0.25, -0.2) is 4.98 Å². The predicted molar refractivity (Wildman–Crippen MR) is 75.4 cm³/mol. The average molecular weight is 280 g/mol. The maximum Gasteiger partial charge on any atom is 0.253 e. The van der Waals surface area contributed by atoms with Crippen molar-refractivity contribution in [1.29, 1.82) is 10.5 Å². The van der Waals surface area contributed by atoms with E-state index < -0.39 is 0 Å². The first-order valence-electron chi connectivity index (χ1n) is 6.18. The maximum atomic E-state index is 12.1. The molecule has 21 heavy (non-hydrogen) atoms. The second-order valence-electron chi connectivity index (χ2n) is 4.17. The number of imidazole rings is 1. The number of amides is 1. The molecule has 3 N–H and O–H groups in total. The van der Waals surface area contributed by atoms with Gasteiger partial charge in [0.1, 0.15) is 18.5 Å². The van der Waals surface area contributed by atoms with Crippen molar-refractivity contribution in [1.82, 2.24) is 14.9 Å². The molecule has 0 saturated heterocycles. The van der Waals surface area contributed by atoms with Crippen molar-refractivity contribution in [3.05, 3.63) is 41.5 Å². The molecule has 1 heterocycles. The van der Waals surface area contributed by atoms with Crippen LogP contribution >= 0.6 is 0 Å². The lowest BCUT2D eigenvalue weighted by molar-refractivity contribution is 0.0956. The van der Waals surface area contributed by atoms with Crippen LogP contribution in [0, 0.1) is 22.7 Å². The number of carbonyl (C=O) groups excluding carboxylic acids is 1. The molecular formula is C14H12N6O. The van der Waals surface area contributed by atoms with Crippen molar-refractivity contribution >= 4 is 11.6 Å². The first-order chi connectivity index (χ1) is 10.1. The Morgan fingerprint density at radius 3 is 2.81 bits per heavy atom. The normalized spacial score (nSPS) is 9.67. The highest BCUT2D eigenvalue weighted by atomic mass is 16.1. The van der Waals surface area contributed by atoms with E-state index in [1.807, 2.05) is 12.1 Å². The Labute approximate surface area is 121 Å². The van der Waals surface area contributed by atoms with Gasteiger partial charge in [-0.1, -0.05) is 0 Å². The molecule has 0 unspecified atom stereocenters. The number of nitrogens with two attached hydrogens (primary N) is 1. The number of hydrogen-bond donors (Lipinski definition) is 2. The largest absolute Gasteiger partial charge is 0.399 e. The highest BCUT2D eigenvalue weighted by Gasteiger charge is 2.17. The van der Waals surface area contributed by atoms with Crippen LogP contribution in [0.3, 0.4) is 0 Å². The summed E-state index contributed by atoms with van der Waals surface area (Å²) in [5.74, 6) is -0.288. The SMILES string of the molecule is CCNC(=O)c1ccc(N)cc1-n1cnc(C#N)c1C#N. The highest BCUT2D eigenvalue weighted by molar-refractivity contribution is 5.98. The fourth-order valence-electron chi connectivity index (χ4n) is 1.92. The Morgan fingerprint density at radius 2 is 2.19 bits per heavy atom. The summed E-state index contributed by atoms with van der Waals surface area (Å²) in [7, 11) is 0. The molecule has 0 aliphatic rings. The van der Waals surface area contributed by atoms with E-state index in [-0.39, 0.29) is 17.3 Å². The van der Waals surface area contributed by atoms with E-state index in [0.717, 1.165) is 0 Å². The number of aromatic nitrogens is 2. The molecule has 7 heteroatoms. The van der Waals surface area contributed by atoms with Gasteiger partial charge >= 0.3 is 0 Å². The first-order valence-corrected chi connectivity index (χ1v) is 6.18. The molecule has 0 bridgehead atoms. The standard InChI is InChI=1S/C14H12N6O/c1-2-18-14(21)10-4-3-9(17)5-12(10)20-8-19-11(6-15)13(20)7-16/h3-5,8H,2,17H2,1H3,(H,18,21). The van der Waals surface area contributed by atoms with Gasteiger partial charge in [0.25, 0.3) is 5.91 Å². The smallest absolute Gasteiger partial charge is 0.253 e. The van der Waals surface area contributed by atoms with Crippen LogP contribution in [0.4, 0.5) is 5.69 Å². The number of nitrogens with one attached hydrogen (secondary N) is 1. The lowest BCUT2D eigenvalue weighted by Gasteiger charge is -2.11. The summed E-state index contributed by atoms with van der Waals surface area (Å²) in [4.78, 5) is 16.0. The zero-order valence-corrected chi connectivity index (χ0v) is 11.3.